The number of carbonyl (C=O) groups is 1. The summed E-state index contributed by atoms with van der Waals surface area (Å²) < 4.78 is 5.26. The largest absolute Gasteiger partial charge is 0.447 e. The van der Waals surface area contributed by atoms with Crippen molar-refractivity contribution in [3.8, 4) is 0 Å². The Kier molecular flexibility index (Phi) is 4.24. The van der Waals surface area contributed by atoms with Crippen molar-refractivity contribution in [2.75, 3.05) is 39.3 Å². The summed E-state index contributed by atoms with van der Waals surface area (Å²) in [6, 6.07) is 0.405. The lowest BCUT2D eigenvalue weighted by Gasteiger charge is -2.57. The minimum absolute atomic E-state index is 0.114. The first-order chi connectivity index (χ1) is 11.2. The second-order valence-electron chi connectivity index (χ2n) is 7.76. The number of fused-ring (bicyclic) bond motifs is 1. The smallest absolute Gasteiger partial charge is 0.410 e. The second kappa shape index (κ2) is 6.22. The predicted octanol–water partition coefficient (Wildman–Crippen LogP) is 0.763. The number of amides is 1. The molecule has 3 saturated heterocycles. The molecule has 6 heteroatoms. The molecular weight excluding hydrogens is 292 g/mol. The van der Waals surface area contributed by atoms with E-state index < -0.39 is 0 Å². The molecule has 4 rings (SSSR count). The van der Waals surface area contributed by atoms with Crippen LogP contribution in [0.3, 0.4) is 0 Å². The van der Waals surface area contributed by atoms with Crippen LogP contribution in [0.25, 0.3) is 0 Å². The van der Waals surface area contributed by atoms with Gasteiger partial charge in [0.2, 0.25) is 0 Å². The van der Waals surface area contributed by atoms with Crippen LogP contribution in [0, 0.1) is 5.92 Å². The Hall–Kier alpha value is -0.850. The molecule has 0 aromatic carbocycles. The van der Waals surface area contributed by atoms with Crippen LogP contribution in [0.5, 0.6) is 0 Å². The number of piperazine rings is 1. The second-order valence-corrected chi connectivity index (χ2v) is 7.76. The molecule has 130 valence electrons. The summed E-state index contributed by atoms with van der Waals surface area (Å²) in [5.74, 6) is 0.706. The minimum Gasteiger partial charge on any atom is -0.447 e. The monoisotopic (exact) mass is 322 g/mol. The van der Waals surface area contributed by atoms with Crippen molar-refractivity contribution in [1.29, 1.82) is 0 Å². The average Bonchev–Trinajstić information content (AvgIpc) is 2.97. The van der Waals surface area contributed by atoms with Gasteiger partial charge in [-0.25, -0.2) is 4.79 Å². The van der Waals surface area contributed by atoms with E-state index in [1.165, 1.54) is 32.1 Å². The standard InChI is InChI=1S/C17H30N4O2/c18-15-10-19-7-6-17(15,13-4-2-1-3-5-13)20-8-9-21-14(11-20)12-23-16(21)22/h13-15,19H,1-12,18H2. The number of rotatable bonds is 2. The maximum Gasteiger partial charge on any atom is 0.410 e. The highest BCUT2D eigenvalue weighted by atomic mass is 16.6. The topological polar surface area (TPSA) is 70.8 Å². The molecule has 3 heterocycles. The maximum absolute atomic E-state index is 11.8. The zero-order valence-electron chi connectivity index (χ0n) is 14.0. The van der Waals surface area contributed by atoms with Crippen molar-refractivity contribution in [3.05, 3.63) is 0 Å². The van der Waals surface area contributed by atoms with E-state index in [0.29, 0.717) is 12.5 Å². The van der Waals surface area contributed by atoms with Crippen molar-refractivity contribution < 1.29 is 9.53 Å². The van der Waals surface area contributed by atoms with Crippen LogP contribution >= 0.6 is 0 Å². The van der Waals surface area contributed by atoms with Gasteiger partial charge in [-0.2, -0.15) is 0 Å². The fourth-order valence-corrected chi connectivity index (χ4v) is 5.54. The van der Waals surface area contributed by atoms with E-state index in [1.807, 2.05) is 4.90 Å². The molecule has 1 amide bonds. The summed E-state index contributed by atoms with van der Waals surface area (Å²) in [5.41, 5.74) is 6.84. The molecular formula is C17H30N4O2. The molecule has 23 heavy (non-hydrogen) atoms. The van der Waals surface area contributed by atoms with Crippen molar-refractivity contribution >= 4 is 6.09 Å². The number of nitrogens with one attached hydrogen (secondary N) is 1. The van der Waals surface area contributed by atoms with Gasteiger partial charge in [-0.1, -0.05) is 19.3 Å². The van der Waals surface area contributed by atoms with Gasteiger partial charge in [-0.3, -0.25) is 9.80 Å². The van der Waals surface area contributed by atoms with Crippen LogP contribution in [0.2, 0.25) is 0 Å². The average molecular weight is 322 g/mol. The van der Waals surface area contributed by atoms with Crippen molar-refractivity contribution in [1.82, 2.24) is 15.1 Å². The molecule has 0 aromatic heterocycles. The Morgan fingerprint density at radius 3 is 2.83 bits per heavy atom. The van der Waals surface area contributed by atoms with E-state index in [4.69, 9.17) is 10.5 Å². The summed E-state index contributed by atoms with van der Waals surface area (Å²) in [6.45, 7) is 5.18. The molecule has 3 aliphatic heterocycles. The van der Waals surface area contributed by atoms with Gasteiger partial charge < -0.3 is 15.8 Å². The molecule has 4 aliphatic rings. The number of nitrogens with zero attached hydrogens (tertiary/aromatic N) is 2. The third-order valence-electron chi connectivity index (χ3n) is 6.73. The van der Waals surface area contributed by atoms with E-state index in [9.17, 15) is 4.79 Å². The quantitative estimate of drug-likeness (QED) is 0.785. The number of cyclic esters (lactones) is 1. The molecule has 4 fully saturated rings. The molecule has 0 radical (unpaired) electrons. The number of piperidine rings is 1. The minimum atomic E-state index is -0.129. The van der Waals surface area contributed by atoms with E-state index in [1.54, 1.807) is 0 Å². The van der Waals surface area contributed by atoms with Crippen LogP contribution in [-0.2, 0) is 4.74 Å². The summed E-state index contributed by atoms with van der Waals surface area (Å²) in [7, 11) is 0. The normalized spacial score (nSPS) is 40.0. The molecule has 3 N–H and O–H groups in total. The number of carbonyl (C=O) groups excluding carboxylic acids is 1. The highest BCUT2D eigenvalue weighted by molar-refractivity contribution is 5.70. The van der Waals surface area contributed by atoms with Gasteiger partial charge in [0.15, 0.2) is 0 Å². The van der Waals surface area contributed by atoms with Gasteiger partial charge in [0.05, 0.1) is 6.04 Å². The van der Waals surface area contributed by atoms with Crippen molar-refractivity contribution in [2.45, 2.75) is 56.1 Å². The lowest BCUT2D eigenvalue weighted by molar-refractivity contribution is -0.0527. The van der Waals surface area contributed by atoms with Crippen molar-refractivity contribution in [3.63, 3.8) is 0 Å². The maximum atomic E-state index is 11.8. The molecule has 0 spiro atoms. The van der Waals surface area contributed by atoms with Crippen molar-refractivity contribution in [2.24, 2.45) is 11.7 Å². The highest BCUT2D eigenvalue weighted by Crippen LogP contribution is 2.42. The van der Waals surface area contributed by atoms with E-state index in [2.05, 4.69) is 10.2 Å². The van der Waals surface area contributed by atoms with Crippen LogP contribution in [-0.4, -0.2) is 72.8 Å². The Morgan fingerprint density at radius 2 is 2.04 bits per heavy atom. The van der Waals surface area contributed by atoms with E-state index in [0.717, 1.165) is 39.1 Å². The van der Waals surface area contributed by atoms with Gasteiger partial charge in [0.1, 0.15) is 6.61 Å². The molecule has 1 aliphatic carbocycles. The summed E-state index contributed by atoms with van der Waals surface area (Å²) >= 11 is 0. The molecule has 0 aromatic rings. The number of hydrogen-bond acceptors (Lipinski definition) is 5. The summed E-state index contributed by atoms with van der Waals surface area (Å²) in [6.07, 6.45) is 7.70. The van der Waals surface area contributed by atoms with E-state index >= 15 is 0 Å². The first-order valence-corrected chi connectivity index (χ1v) is 9.36. The SMILES string of the molecule is NC1CNCCC1(C1CCCCC1)N1CCN2C(=O)OCC2C1. The van der Waals surface area contributed by atoms with E-state index in [-0.39, 0.29) is 23.7 Å². The first kappa shape index (κ1) is 15.7. The summed E-state index contributed by atoms with van der Waals surface area (Å²) in [5, 5.41) is 3.48. The number of hydrogen-bond donors (Lipinski definition) is 2. The van der Waals surface area contributed by atoms with Gasteiger partial charge in [-0.05, 0) is 31.7 Å². The number of nitrogens with two attached hydrogens (primary N) is 1. The zero-order valence-corrected chi connectivity index (χ0v) is 14.0. The van der Waals surface area contributed by atoms with Crippen LogP contribution < -0.4 is 11.1 Å². The zero-order chi connectivity index (χ0) is 15.9. The third kappa shape index (κ3) is 2.55. The molecule has 3 atom stereocenters. The molecule has 0 bridgehead atoms. The fraction of sp³-hybridized carbons (Fsp3) is 0.941. The molecule has 6 nitrogen and oxygen atoms in total. The lowest BCUT2D eigenvalue weighted by Crippen LogP contribution is -2.73. The predicted molar refractivity (Wildman–Crippen MR) is 88.2 cm³/mol. The third-order valence-corrected chi connectivity index (χ3v) is 6.73. The van der Waals surface area contributed by atoms with Crippen LogP contribution in [0.1, 0.15) is 38.5 Å². The fourth-order valence-electron chi connectivity index (χ4n) is 5.54. The lowest BCUT2D eigenvalue weighted by atomic mass is 9.66. The number of ether oxygens (including phenoxy) is 1. The Balaban J connectivity index is 1.59. The Morgan fingerprint density at radius 1 is 1.22 bits per heavy atom. The Labute approximate surface area is 138 Å². The van der Waals surface area contributed by atoms with Gasteiger partial charge in [-0.15, -0.1) is 0 Å². The highest BCUT2D eigenvalue weighted by Gasteiger charge is 2.52. The molecule has 3 unspecified atom stereocenters. The summed E-state index contributed by atoms with van der Waals surface area (Å²) in [4.78, 5) is 16.4. The van der Waals surface area contributed by atoms with Gasteiger partial charge >= 0.3 is 6.09 Å². The van der Waals surface area contributed by atoms with Gasteiger partial charge in [0.25, 0.3) is 0 Å². The Bertz CT molecular complexity index is 454. The van der Waals surface area contributed by atoms with Gasteiger partial charge in [0, 0.05) is 37.8 Å². The first-order valence-electron chi connectivity index (χ1n) is 9.36. The molecule has 1 saturated carbocycles. The van der Waals surface area contributed by atoms with Crippen LogP contribution in [0.4, 0.5) is 4.79 Å². The van der Waals surface area contributed by atoms with Crippen LogP contribution in [0.15, 0.2) is 0 Å².